The van der Waals surface area contributed by atoms with E-state index in [4.69, 9.17) is 0 Å². The molecule has 0 aliphatic carbocycles. The molecular weight excluding hydrogens is 483 g/mol. The molecule has 0 saturated carbocycles. The summed E-state index contributed by atoms with van der Waals surface area (Å²) in [7, 11) is 0. The first-order valence-electron chi connectivity index (χ1n) is 7.21. The third-order valence-corrected chi connectivity index (χ3v) is 3.64. The number of carbonyl (C=O) groups is 1. The fourth-order valence-corrected chi connectivity index (χ4v) is 1.92. The lowest BCUT2D eigenvalue weighted by molar-refractivity contribution is -0.406. The third-order valence-electron chi connectivity index (χ3n) is 3.64. The number of alkyl halides is 15. The monoisotopic (exact) mass is 489 g/mol. The predicted octanol–water partition coefficient (Wildman–Crippen LogP) is 6.09. The molecule has 1 aromatic rings. The molecule has 0 heterocycles. The van der Waals surface area contributed by atoms with Crippen LogP contribution < -0.4 is 5.32 Å². The quantitative estimate of drug-likeness (QED) is 0.462. The average molecular weight is 489 g/mol. The van der Waals surface area contributed by atoms with Crippen LogP contribution in [-0.4, -0.2) is 41.9 Å². The number of hydrogen-bond acceptors (Lipinski definition) is 1. The van der Waals surface area contributed by atoms with Crippen LogP contribution in [0.25, 0.3) is 0 Å². The number of anilines is 1. The Hall–Kier alpha value is -2.36. The van der Waals surface area contributed by atoms with E-state index in [0.29, 0.717) is 17.4 Å². The Balaban J connectivity index is 3.44. The van der Waals surface area contributed by atoms with E-state index in [0.717, 1.165) is 0 Å². The number of carbonyl (C=O) groups excluding carboxylic acids is 1. The molecule has 0 unspecified atom stereocenters. The maximum Gasteiger partial charge on any atom is 0.418 e. The standard InChI is InChI=1S/C14H6F15NO/c15-7(16)9(17,18)12(24,25)14(28,29)13(26,27)10(19,20)8(31)30-6-4-2-1-3-5(6)11(21,22)23/h1-4,7H,(H,30,31). The van der Waals surface area contributed by atoms with Crippen LogP contribution >= 0.6 is 0 Å². The fourth-order valence-electron chi connectivity index (χ4n) is 1.92. The number of halogens is 15. The van der Waals surface area contributed by atoms with Gasteiger partial charge in [0.1, 0.15) is 0 Å². The Labute approximate surface area is 161 Å². The Morgan fingerprint density at radius 3 is 1.58 bits per heavy atom. The molecule has 0 aliphatic rings. The highest BCUT2D eigenvalue weighted by molar-refractivity contribution is 5.97. The van der Waals surface area contributed by atoms with Crippen molar-refractivity contribution in [3.05, 3.63) is 29.8 Å². The van der Waals surface area contributed by atoms with Gasteiger partial charge in [0.15, 0.2) is 0 Å². The van der Waals surface area contributed by atoms with Gasteiger partial charge in [-0.25, -0.2) is 8.78 Å². The smallest absolute Gasteiger partial charge is 0.320 e. The molecule has 2 nitrogen and oxygen atoms in total. The largest absolute Gasteiger partial charge is 0.418 e. The minimum absolute atomic E-state index is 0.109. The van der Waals surface area contributed by atoms with Crippen molar-refractivity contribution >= 4 is 11.6 Å². The molecule has 0 radical (unpaired) electrons. The lowest BCUT2D eigenvalue weighted by atomic mass is 9.94. The first kappa shape index (κ1) is 26.7. The van der Waals surface area contributed by atoms with Crippen molar-refractivity contribution in [3.63, 3.8) is 0 Å². The molecule has 0 bridgehead atoms. The van der Waals surface area contributed by atoms with Crippen molar-refractivity contribution in [1.82, 2.24) is 0 Å². The summed E-state index contributed by atoms with van der Waals surface area (Å²) in [4.78, 5) is 11.3. The highest BCUT2D eigenvalue weighted by atomic mass is 19.4. The topological polar surface area (TPSA) is 29.1 Å². The number of rotatable bonds is 7. The van der Waals surface area contributed by atoms with Crippen molar-refractivity contribution in [3.8, 4) is 0 Å². The second-order valence-electron chi connectivity index (χ2n) is 5.72. The van der Waals surface area contributed by atoms with E-state index < -0.39 is 59.4 Å². The number of benzene rings is 1. The van der Waals surface area contributed by atoms with E-state index in [2.05, 4.69) is 0 Å². The zero-order chi connectivity index (χ0) is 24.8. The minimum atomic E-state index is -7.98. The van der Waals surface area contributed by atoms with E-state index in [1.807, 2.05) is 0 Å². The van der Waals surface area contributed by atoms with Crippen molar-refractivity contribution in [2.75, 3.05) is 5.32 Å². The molecule has 1 amide bonds. The highest BCUT2D eigenvalue weighted by Crippen LogP contribution is 2.58. The first-order valence-corrected chi connectivity index (χ1v) is 7.21. The molecule has 0 aliphatic heterocycles. The van der Waals surface area contributed by atoms with Crippen LogP contribution in [0.2, 0.25) is 0 Å². The molecule has 1 aromatic carbocycles. The molecule has 1 rings (SSSR count). The Kier molecular flexibility index (Phi) is 6.58. The van der Waals surface area contributed by atoms with Crippen molar-refractivity contribution in [2.24, 2.45) is 0 Å². The fraction of sp³-hybridized carbons (Fsp3) is 0.500. The van der Waals surface area contributed by atoms with E-state index in [1.165, 1.54) is 0 Å². The third kappa shape index (κ3) is 4.09. The summed E-state index contributed by atoms with van der Waals surface area (Å²) in [6.45, 7) is 0. The summed E-state index contributed by atoms with van der Waals surface area (Å²) >= 11 is 0. The van der Waals surface area contributed by atoms with Crippen LogP contribution in [0.15, 0.2) is 24.3 Å². The van der Waals surface area contributed by atoms with E-state index >= 15 is 0 Å². The van der Waals surface area contributed by atoms with Crippen LogP contribution in [0.4, 0.5) is 71.5 Å². The molecule has 0 fully saturated rings. The van der Waals surface area contributed by atoms with Gasteiger partial charge in [-0.05, 0) is 12.1 Å². The molecular formula is C14H6F15NO. The van der Waals surface area contributed by atoms with E-state index in [9.17, 15) is 70.7 Å². The number of amides is 1. The van der Waals surface area contributed by atoms with Crippen molar-refractivity contribution < 1.29 is 70.7 Å². The number of para-hydroxylation sites is 1. The minimum Gasteiger partial charge on any atom is -0.320 e. The molecule has 0 atom stereocenters. The zero-order valence-electron chi connectivity index (χ0n) is 14.0. The van der Waals surface area contributed by atoms with Gasteiger partial charge in [0.05, 0.1) is 11.3 Å². The van der Waals surface area contributed by atoms with Gasteiger partial charge in [-0.15, -0.1) is 0 Å². The van der Waals surface area contributed by atoms with Crippen LogP contribution in [0.3, 0.4) is 0 Å². The molecule has 0 saturated heterocycles. The molecule has 0 aromatic heterocycles. The van der Waals surface area contributed by atoms with Crippen LogP contribution in [0.1, 0.15) is 5.56 Å². The zero-order valence-corrected chi connectivity index (χ0v) is 14.0. The molecule has 17 heteroatoms. The lowest BCUT2D eigenvalue weighted by Crippen LogP contribution is -2.70. The normalized spacial score (nSPS) is 14.7. The highest BCUT2D eigenvalue weighted by Gasteiger charge is 2.89. The van der Waals surface area contributed by atoms with Gasteiger partial charge < -0.3 is 5.32 Å². The van der Waals surface area contributed by atoms with E-state index in [-0.39, 0.29) is 12.1 Å². The Morgan fingerprint density at radius 1 is 0.710 bits per heavy atom. The Morgan fingerprint density at radius 2 is 1.16 bits per heavy atom. The van der Waals surface area contributed by atoms with Crippen LogP contribution in [-0.2, 0) is 11.0 Å². The van der Waals surface area contributed by atoms with Crippen LogP contribution in [0, 0.1) is 0 Å². The van der Waals surface area contributed by atoms with Gasteiger partial charge in [0.25, 0.3) is 0 Å². The summed E-state index contributed by atoms with van der Waals surface area (Å²) < 4.78 is 195. The predicted molar refractivity (Wildman–Crippen MR) is 70.8 cm³/mol. The van der Waals surface area contributed by atoms with Crippen molar-refractivity contribution in [1.29, 1.82) is 0 Å². The molecule has 0 spiro atoms. The summed E-state index contributed by atoms with van der Waals surface area (Å²) in [5, 5.41) is 0.446. The van der Waals surface area contributed by atoms with Gasteiger partial charge in [-0.1, -0.05) is 12.1 Å². The molecule has 1 N–H and O–H groups in total. The lowest BCUT2D eigenvalue weighted by Gasteiger charge is -2.38. The maximum absolute atomic E-state index is 13.6. The Bertz CT molecular complexity index is 814. The number of hydrogen-bond donors (Lipinski definition) is 1. The first-order chi connectivity index (χ1) is 13.6. The summed E-state index contributed by atoms with van der Waals surface area (Å²) in [5.74, 6) is -41.7. The summed E-state index contributed by atoms with van der Waals surface area (Å²) in [5.41, 5.74) is -3.69. The average Bonchev–Trinajstić information content (AvgIpc) is 2.60. The van der Waals surface area contributed by atoms with Gasteiger partial charge in [-0.3, -0.25) is 4.79 Å². The second kappa shape index (κ2) is 7.65. The second-order valence-corrected chi connectivity index (χ2v) is 5.72. The van der Waals surface area contributed by atoms with Gasteiger partial charge >= 0.3 is 48.1 Å². The van der Waals surface area contributed by atoms with Gasteiger partial charge in [-0.2, -0.15) is 57.1 Å². The van der Waals surface area contributed by atoms with Gasteiger partial charge in [0.2, 0.25) is 0 Å². The number of nitrogens with one attached hydrogen (secondary N) is 1. The molecule has 178 valence electrons. The van der Waals surface area contributed by atoms with Crippen LogP contribution in [0.5, 0.6) is 0 Å². The van der Waals surface area contributed by atoms with E-state index in [1.54, 1.807) is 0 Å². The summed E-state index contributed by atoms with van der Waals surface area (Å²) in [6.07, 6.45) is -11.1. The maximum atomic E-state index is 13.6. The SMILES string of the molecule is O=C(Nc1ccccc1C(F)(F)F)C(F)(F)C(F)(F)C(F)(F)C(F)(F)C(F)(F)C(F)F. The van der Waals surface area contributed by atoms with Crippen molar-refractivity contribution in [2.45, 2.75) is 42.2 Å². The summed E-state index contributed by atoms with van der Waals surface area (Å²) in [6, 6.07) is 1.52. The van der Waals surface area contributed by atoms with Gasteiger partial charge in [0, 0.05) is 0 Å². The molecule has 31 heavy (non-hydrogen) atoms.